The molecule has 88 valence electrons. The molecule has 5 heteroatoms. The van der Waals surface area contributed by atoms with Crippen LogP contribution in [0.4, 0.5) is 0 Å². The Morgan fingerprint density at radius 1 is 1.41 bits per heavy atom. The lowest BCUT2D eigenvalue weighted by Gasteiger charge is -1.98. The van der Waals surface area contributed by atoms with E-state index in [0.717, 1.165) is 10.9 Å². The zero-order valence-corrected chi connectivity index (χ0v) is 9.31. The summed E-state index contributed by atoms with van der Waals surface area (Å²) in [5.74, 6) is -0.191. The number of hydrogen-bond donors (Lipinski definition) is 3. The van der Waals surface area contributed by atoms with E-state index in [1.807, 2.05) is 30.3 Å². The Hall–Kier alpha value is -2.14. The first-order valence-electron chi connectivity index (χ1n) is 5.39. The predicted molar refractivity (Wildman–Crippen MR) is 66.6 cm³/mol. The van der Waals surface area contributed by atoms with Crippen molar-refractivity contribution in [1.82, 2.24) is 15.5 Å². The highest BCUT2D eigenvalue weighted by Gasteiger charge is 2.12. The van der Waals surface area contributed by atoms with Gasteiger partial charge in [-0.15, -0.1) is 0 Å². The van der Waals surface area contributed by atoms with Gasteiger partial charge in [-0.05, 0) is 6.07 Å². The van der Waals surface area contributed by atoms with Crippen LogP contribution in [0.25, 0.3) is 10.9 Å². The summed E-state index contributed by atoms with van der Waals surface area (Å²) >= 11 is 0. The number of para-hydroxylation sites is 1. The van der Waals surface area contributed by atoms with E-state index in [1.165, 1.54) is 0 Å². The van der Waals surface area contributed by atoms with E-state index in [1.54, 1.807) is 6.08 Å². The molecule has 1 heterocycles. The summed E-state index contributed by atoms with van der Waals surface area (Å²) < 4.78 is 0. The predicted octanol–water partition coefficient (Wildman–Crippen LogP) is 0.808. The van der Waals surface area contributed by atoms with Crippen molar-refractivity contribution in [2.75, 3.05) is 13.1 Å². The molecule has 0 saturated heterocycles. The van der Waals surface area contributed by atoms with Crippen molar-refractivity contribution in [3.8, 4) is 0 Å². The van der Waals surface area contributed by atoms with Gasteiger partial charge in [-0.2, -0.15) is 5.10 Å². The van der Waals surface area contributed by atoms with Crippen LogP contribution < -0.4 is 11.1 Å². The molecule has 1 amide bonds. The fourth-order valence-electron chi connectivity index (χ4n) is 1.55. The van der Waals surface area contributed by atoms with E-state index in [4.69, 9.17) is 5.73 Å². The number of aromatic nitrogens is 2. The van der Waals surface area contributed by atoms with Crippen LogP contribution in [0.2, 0.25) is 0 Å². The van der Waals surface area contributed by atoms with E-state index >= 15 is 0 Å². The summed E-state index contributed by atoms with van der Waals surface area (Å²) in [5.41, 5.74) is 6.57. The standard InChI is InChI=1S/C12H14N4O/c13-7-3-4-8-14-12(17)11-9-5-1-2-6-10(9)15-16-11/h1-6H,7-8,13H2,(H,14,17)(H,15,16)/b4-3+. The third kappa shape index (κ3) is 2.51. The quantitative estimate of drug-likeness (QED) is 0.679. The number of aromatic amines is 1. The average Bonchev–Trinajstić information content (AvgIpc) is 2.78. The van der Waals surface area contributed by atoms with E-state index in [-0.39, 0.29) is 5.91 Å². The first-order chi connectivity index (χ1) is 8.33. The number of amides is 1. The van der Waals surface area contributed by atoms with Crippen LogP contribution in [0, 0.1) is 0 Å². The van der Waals surface area contributed by atoms with Gasteiger partial charge in [0.2, 0.25) is 0 Å². The van der Waals surface area contributed by atoms with Crippen molar-refractivity contribution in [1.29, 1.82) is 0 Å². The van der Waals surface area contributed by atoms with Crippen LogP contribution >= 0.6 is 0 Å². The van der Waals surface area contributed by atoms with Crippen LogP contribution in [0.1, 0.15) is 10.5 Å². The molecule has 0 saturated carbocycles. The number of nitrogens with two attached hydrogens (primary N) is 1. The van der Waals surface area contributed by atoms with Crippen LogP contribution in [0.3, 0.4) is 0 Å². The Morgan fingerprint density at radius 3 is 3.06 bits per heavy atom. The molecule has 0 aliphatic carbocycles. The molecule has 5 nitrogen and oxygen atoms in total. The van der Waals surface area contributed by atoms with E-state index in [0.29, 0.717) is 18.8 Å². The first kappa shape index (κ1) is 11.3. The van der Waals surface area contributed by atoms with Crippen LogP contribution in [-0.4, -0.2) is 29.2 Å². The van der Waals surface area contributed by atoms with Gasteiger partial charge in [0, 0.05) is 18.5 Å². The SMILES string of the molecule is NC/C=C/CNC(=O)c1n[nH]c2ccccc12. The second-order valence-corrected chi connectivity index (χ2v) is 3.53. The summed E-state index contributed by atoms with van der Waals surface area (Å²) in [4.78, 5) is 11.8. The van der Waals surface area contributed by atoms with Gasteiger partial charge < -0.3 is 11.1 Å². The molecule has 0 radical (unpaired) electrons. The monoisotopic (exact) mass is 230 g/mol. The summed E-state index contributed by atoms with van der Waals surface area (Å²) in [7, 11) is 0. The zero-order chi connectivity index (χ0) is 12.1. The molecule has 0 aliphatic rings. The van der Waals surface area contributed by atoms with Gasteiger partial charge >= 0.3 is 0 Å². The fraction of sp³-hybridized carbons (Fsp3) is 0.167. The number of hydrogen-bond acceptors (Lipinski definition) is 3. The van der Waals surface area contributed by atoms with Crippen LogP contribution in [-0.2, 0) is 0 Å². The number of nitrogens with one attached hydrogen (secondary N) is 2. The molecule has 2 aromatic rings. The Bertz CT molecular complexity index is 544. The molecule has 0 spiro atoms. The minimum absolute atomic E-state index is 0.191. The van der Waals surface area contributed by atoms with Crippen molar-refractivity contribution in [2.24, 2.45) is 5.73 Å². The molecule has 0 atom stereocenters. The third-order valence-electron chi connectivity index (χ3n) is 2.37. The third-order valence-corrected chi connectivity index (χ3v) is 2.37. The minimum atomic E-state index is -0.191. The average molecular weight is 230 g/mol. The summed E-state index contributed by atoms with van der Waals surface area (Å²) in [6.07, 6.45) is 3.61. The summed E-state index contributed by atoms with van der Waals surface area (Å²) in [6.45, 7) is 0.929. The molecular formula is C12H14N4O. The maximum atomic E-state index is 11.8. The highest BCUT2D eigenvalue weighted by atomic mass is 16.1. The van der Waals surface area contributed by atoms with Crippen molar-refractivity contribution in [3.63, 3.8) is 0 Å². The van der Waals surface area contributed by atoms with Gasteiger partial charge in [0.25, 0.3) is 5.91 Å². The van der Waals surface area contributed by atoms with Crippen molar-refractivity contribution in [2.45, 2.75) is 0 Å². The Balaban J connectivity index is 2.11. The summed E-state index contributed by atoms with van der Waals surface area (Å²) in [5, 5.41) is 10.4. The van der Waals surface area contributed by atoms with Gasteiger partial charge in [0.15, 0.2) is 5.69 Å². The lowest BCUT2D eigenvalue weighted by atomic mass is 10.2. The summed E-state index contributed by atoms with van der Waals surface area (Å²) in [6, 6.07) is 7.52. The van der Waals surface area contributed by atoms with Crippen LogP contribution in [0.5, 0.6) is 0 Å². The smallest absolute Gasteiger partial charge is 0.272 e. The largest absolute Gasteiger partial charge is 0.347 e. The molecule has 0 fully saturated rings. The second-order valence-electron chi connectivity index (χ2n) is 3.53. The normalized spacial score (nSPS) is 11.1. The molecule has 1 aromatic carbocycles. The van der Waals surface area contributed by atoms with Gasteiger partial charge in [-0.3, -0.25) is 9.89 Å². The van der Waals surface area contributed by atoms with Crippen molar-refractivity contribution >= 4 is 16.8 Å². The molecule has 1 aromatic heterocycles. The molecular weight excluding hydrogens is 216 g/mol. The number of benzene rings is 1. The molecule has 0 aliphatic heterocycles. The number of nitrogens with zero attached hydrogens (tertiary/aromatic N) is 1. The highest BCUT2D eigenvalue weighted by Crippen LogP contribution is 2.14. The first-order valence-corrected chi connectivity index (χ1v) is 5.39. The topological polar surface area (TPSA) is 83.8 Å². The molecule has 0 unspecified atom stereocenters. The van der Waals surface area contributed by atoms with E-state index in [9.17, 15) is 4.79 Å². The molecule has 4 N–H and O–H groups in total. The van der Waals surface area contributed by atoms with Crippen molar-refractivity contribution < 1.29 is 4.79 Å². The fourth-order valence-corrected chi connectivity index (χ4v) is 1.55. The van der Waals surface area contributed by atoms with Crippen molar-refractivity contribution in [3.05, 3.63) is 42.1 Å². The van der Waals surface area contributed by atoms with Gasteiger partial charge in [-0.1, -0.05) is 30.4 Å². The lowest BCUT2D eigenvalue weighted by Crippen LogP contribution is -2.24. The highest BCUT2D eigenvalue weighted by molar-refractivity contribution is 6.04. The number of carbonyl (C=O) groups is 1. The Kier molecular flexibility index (Phi) is 3.52. The molecule has 17 heavy (non-hydrogen) atoms. The van der Waals surface area contributed by atoms with E-state index in [2.05, 4.69) is 15.5 Å². The van der Waals surface area contributed by atoms with E-state index < -0.39 is 0 Å². The Morgan fingerprint density at radius 2 is 2.24 bits per heavy atom. The number of carbonyl (C=O) groups excluding carboxylic acids is 1. The second kappa shape index (κ2) is 5.27. The van der Waals surface area contributed by atoms with Crippen LogP contribution in [0.15, 0.2) is 36.4 Å². The zero-order valence-electron chi connectivity index (χ0n) is 9.31. The molecule has 0 bridgehead atoms. The van der Waals surface area contributed by atoms with Gasteiger partial charge in [-0.25, -0.2) is 0 Å². The van der Waals surface area contributed by atoms with Gasteiger partial charge in [0.1, 0.15) is 0 Å². The lowest BCUT2D eigenvalue weighted by molar-refractivity contribution is 0.0954. The maximum absolute atomic E-state index is 11.8. The maximum Gasteiger partial charge on any atom is 0.272 e. The number of fused-ring (bicyclic) bond motifs is 1. The Labute approximate surface area is 98.7 Å². The number of H-pyrrole nitrogens is 1. The molecule has 2 rings (SSSR count). The number of rotatable bonds is 4. The van der Waals surface area contributed by atoms with Gasteiger partial charge in [0.05, 0.1) is 5.52 Å². The minimum Gasteiger partial charge on any atom is -0.347 e.